The van der Waals surface area contributed by atoms with Gasteiger partial charge in [0.1, 0.15) is 0 Å². The Morgan fingerprint density at radius 3 is 1.00 bits per heavy atom. The number of benzene rings is 3. The summed E-state index contributed by atoms with van der Waals surface area (Å²) in [6, 6.07) is 15.8. The van der Waals surface area contributed by atoms with Crippen molar-refractivity contribution in [3.05, 3.63) is 75.8 Å². The van der Waals surface area contributed by atoms with Crippen molar-refractivity contribution in [1.29, 1.82) is 0 Å². The van der Waals surface area contributed by atoms with E-state index in [9.17, 15) is 9.59 Å². The van der Waals surface area contributed by atoms with Crippen LogP contribution in [0.15, 0.2) is 42.5 Å². The molecule has 0 aliphatic carbocycles. The molecule has 0 bridgehead atoms. The summed E-state index contributed by atoms with van der Waals surface area (Å²) in [6.07, 6.45) is 1.66. The SMILES string of the molecule is CC(C)c1cc(C(C)C)c(-c2cccc(-c3c(C(C)C)cc(C(C)C)cc3C(C)C)c2B(C=O)C=O)c(C(C)C)c1. The molecule has 0 spiro atoms. The quantitative estimate of drug-likeness (QED) is 0.176. The van der Waals surface area contributed by atoms with E-state index >= 15 is 0 Å². The molecule has 0 amide bonds. The van der Waals surface area contributed by atoms with Crippen LogP contribution in [0.25, 0.3) is 22.3 Å². The van der Waals surface area contributed by atoms with Crippen molar-refractivity contribution in [3.8, 4) is 22.3 Å². The topological polar surface area (TPSA) is 34.1 Å². The maximum Gasteiger partial charge on any atom is 0.326 e. The van der Waals surface area contributed by atoms with Gasteiger partial charge >= 0.3 is 6.71 Å². The van der Waals surface area contributed by atoms with Gasteiger partial charge in [0.05, 0.1) is 12.4 Å². The Balaban J connectivity index is 2.62. The minimum absolute atomic E-state index is 0.284. The van der Waals surface area contributed by atoms with Crippen LogP contribution in [-0.2, 0) is 9.59 Å². The molecule has 0 atom stereocenters. The largest absolute Gasteiger partial charge is 0.326 e. The molecule has 0 aliphatic rings. The van der Waals surface area contributed by atoms with Gasteiger partial charge in [-0.2, -0.15) is 0 Å². The Kier molecular flexibility index (Phi) is 10.6. The molecule has 0 aromatic heterocycles. The standard InChI is InChI=1S/C38H51BO2/c1-22(2)28-16-32(24(5)6)36(33(17-28)25(7)8)30-14-13-15-31(38(30)39(20-40)21-41)37-34(26(9)10)18-29(23(3)4)19-35(37)27(11)12/h13-27H,1-12H3. The zero-order valence-electron chi connectivity index (χ0n) is 27.6. The Labute approximate surface area is 250 Å². The molecule has 0 heterocycles. The monoisotopic (exact) mass is 550 g/mol. The highest BCUT2D eigenvalue weighted by molar-refractivity contribution is 7.13. The minimum atomic E-state index is -0.851. The highest BCUT2D eigenvalue weighted by Crippen LogP contribution is 2.42. The van der Waals surface area contributed by atoms with E-state index in [0.717, 1.165) is 29.0 Å². The van der Waals surface area contributed by atoms with Gasteiger partial charge in [0, 0.05) is 0 Å². The van der Waals surface area contributed by atoms with Crippen LogP contribution in [0.5, 0.6) is 0 Å². The predicted octanol–water partition coefficient (Wildman–Crippen LogP) is 10.0. The van der Waals surface area contributed by atoms with E-state index < -0.39 is 6.71 Å². The second-order valence-corrected chi connectivity index (χ2v) is 13.6. The summed E-state index contributed by atoms with van der Waals surface area (Å²) in [5, 5.41) is 0. The molecule has 41 heavy (non-hydrogen) atoms. The summed E-state index contributed by atoms with van der Waals surface area (Å²) in [5.74, 6) is 1.95. The van der Waals surface area contributed by atoms with Crippen LogP contribution in [0.2, 0.25) is 0 Å². The highest BCUT2D eigenvalue weighted by atomic mass is 16.1. The molecule has 3 aromatic carbocycles. The lowest BCUT2D eigenvalue weighted by Crippen LogP contribution is -2.38. The number of hydrogen-bond acceptors (Lipinski definition) is 2. The van der Waals surface area contributed by atoms with Crippen LogP contribution >= 0.6 is 0 Å². The van der Waals surface area contributed by atoms with Gasteiger partial charge in [-0.05, 0) is 96.6 Å². The number of hydrogen-bond donors (Lipinski definition) is 0. The maximum atomic E-state index is 12.6. The van der Waals surface area contributed by atoms with E-state index in [4.69, 9.17) is 0 Å². The average molecular weight is 551 g/mol. The molecular weight excluding hydrogens is 499 g/mol. The van der Waals surface area contributed by atoms with E-state index in [1.165, 1.54) is 44.5 Å². The van der Waals surface area contributed by atoms with Gasteiger partial charge in [-0.1, -0.05) is 126 Å². The van der Waals surface area contributed by atoms with E-state index in [1.54, 1.807) is 0 Å². The van der Waals surface area contributed by atoms with Crippen LogP contribution in [0.1, 0.15) is 152 Å². The molecule has 2 nitrogen and oxygen atoms in total. The molecule has 3 heteroatoms. The van der Waals surface area contributed by atoms with Gasteiger partial charge in [0.15, 0.2) is 0 Å². The first-order valence-corrected chi connectivity index (χ1v) is 15.6. The Hall–Kier alpha value is -2.94. The smallest absolute Gasteiger partial charge is 0.314 e. The fraction of sp³-hybridized carbons (Fsp3) is 0.474. The van der Waals surface area contributed by atoms with E-state index in [0.29, 0.717) is 11.8 Å². The average Bonchev–Trinajstić information content (AvgIpc) is 2.91. The molecule has 0 unspecified atom stereocenters. The first-order valence-electron chi connectivity index (χ1n) is 15.6. The number of carbonyl (C=O) groups excluding carboxylic acids is 2. The van der Waals surface area contributed by atoms with Crippen molar-refractivity contribution in [1.82, 2.24) is 0 Å². The first kappa shape index (κ1) is 32.6. The zero-order chi connectivity index (χ0) is 30.8. The highest BCUT2D eigenvalue weighted by Gasteiger charge is 2.30. The van der Waals surface area contributed by atoms with Crippen molar-refractivity contribution in [2.45, 2.75) is 119 Å². The summed E-state index contributed by atoms with van der Waals surface area (Å²) in [6.45, 7) is 26.1. The van der Waals surface area contributed by atoms with Crippen molar-refractivity contribution in [2.75, 3.05) is 0 Å². The third kappa shape index (κ3) is 6.61. The molecule has 0 aliphatic heterocycles. The summed E-state index contributed by atoms with van der Waals surface area (Å²) in [4.78, 5) is 25.3. The van der Waals surface area contributed by atoms with Gasteiger partial charge in [-0.15, -0.1) is 0 Å². The maximum absolute atomic E-state index is 12.6. The van der Waals surface area contributed by atoms with Crippen LogP contribution in [0, 0.1) is 0 Å². The molecule has 0 saturated heterocycles. The van der Waals surface area contributed by atoms with Crippen LogP contribution in [0.3, 0.4) is 0 Å². The Bertz CT molecular complexity index is 1230. The van der Waals surface area contributed by atoms with Gasteiger partial charge in [0.2, 0.25) is 0 Å². The number of carbonyl (C=O) groups is 2. The fourth-order valence-electron chi connectivity index (χ4n) is 6.06. The molecule has 0 fully saturated rings. The van der Waals surface area contributed by atoms with Crippen LogP contribution in [0.4, 0.5) is 0 Å². The third-order valence-electron chi connectivity index (χ3n) is 8.54. The van der Waals surface area contributed by atoms with E-state index in [1.807, 2.05) is 0 Å². The first-order chi connectivity index (χ1) is 19.2. The van der Waals surface area contributed by atoms with Crippen molar-refractivity contribution in [2.24, 2.45) is 0 Å². The molecular formula is C38H51BO2. The van der Waals surface area contributed by atoms with E-state index in [2.05, 4.69) is 126 Å². The normalized spacial score (nSPS) is 12.0. The molecule has 218 valence electrons. The van der Waals surface area contributed by atoms with Crippen LogP contribution in [-0.4, -0.2) is 19.1 Å². The molecule has 3 rings (SSSR count). The van der Waals surface area contributed by atoms with Crippen molar-refractivity contribution in [3.63, 3.8) is 0 Å². The van der Waals surface area contributed by atoms with E-state index in [-0.39, 0.29) is 23.7 Å². The lowest BCUT2D eigenvalue weighted by Gasteiger charge is -2.28. The second-order valence-electron chi connectivity index (χ2n) is 13.6. The third-order valence-corrected chi connectivity index (χ3v) is 8.54. The lowest BCUT2D eigenvalue weighted by atomic mass is 9.45. The van der Waals surface area contributed by atoms with Gasteiger partial charge < -0.3 is 9.59 Å². The Morgan fingerprint density at radius 2 is 0.780 bits per heavy atom. The molecule has 0 saturated carbocycles. The van der Waals surface area contributed by atoms with Crippen molar-refractivity contribution >= 4 is 24.5 Å². The minimum Gasteiger partial charge on any atom is -0.314 e. The predicted molar refractivity (Wildman–Crippen MR) is 181 cm³/mol. The van der Waals surface area contributed by atoms with Gasteiger partial charge in [-0.25, -0.2) is 0 Å². The number of rotatable bonds is 11. The molecule has 3 aromatic rings. The molecule has 0 radical (unpaired) electrons. The lowest BCUT2D eigenvalue weighted by molar-refractivity contribution is 0.563. The van der Waals surface area contributed by atoms with Gasteiger partial charge in [-0.3, -0.25) is 0 Å². The zero-order valence-corrected chi connectivity index (χ0v) is 27.6. The van der Waals surface area contributed by atoms with Gasteiger partial charge in [0.25, 0.3) is 0 Å². The fourth-order valence-corrected chi connectivity index (χ4v) is 6.06. The Morgan fingerprint density at radius 1 is 0.488 bits per heavy atom. The summed E-state index contributed by atoms with van der Waals surface area (Å²) in [7, 11) is 0. The molecule has 0 N–H and O–H groups in total. The summed E-state index contributed by atoms with van der Waals surface area (Å²) in [5.41, 5.74) is 13.0. The van der Waals surface area contributed by atoms with Crippen LogP contribution < -0.4 is 5.46 Å². The summed E-state index contributed by atoms with van der Waals surface area (Å²) < 4.78 is 0. The summed E-state index contributed by atoms with van der Waals surface area (Å²) >= 11 is 0. The second kappa shape index (κ2) is 13.4. The van der Waals surface area contributed by atoms with Crippen molar-refractivity contribution < 1.29 is 9.59 Å².